The summed E-state index contributed by atoms with van der Waals surface area (Å²) >= 11 is 0. The zero-order valence-electron chi connectivity index (χ0n) is 11.1. The van der Waals surface area contributed by atoms with Gasteiger partial charge in [0.15, 0.2) is 5.69 Å². The van der Waals surface area contributed by atoms with Crippen LogP contribution in [-0.2, 0) is 6.54 Å². The fourth-order valence-electron chi connectivity index (χ4n) is 2.21. The molecule has 0 radical (unpaired) electrons. The third-order valence-electron chi connectivity index (χ3n) is 3.30. The Hall–Kier alpha value is -2.37. The Bertz CT molecular complexity index is 559. The van der Waals surface area contributed by atoms with Gasteiger partial charge >= 0.3 is 0 Å². The molecule has 0 atom stereocenters. The third kappa shape index (κ3) is 2.79. The van der Waals surface area contributed by atoms with Crippen LogP contribution in [0.1, 0.15) is 29.1 Å². The van der Waals surface area contributed by atoms with E-state index in [4.69, 9.17) is 4.42 Å². The molecule has 2 aromatic rings. The molecule has 1 saturated heterocycles. The summed E-state index contributed by atoms with van der Waals surface area (Å²) < 4.78 is 5.21. The van der Waals surface area contributed by atoms with Crippen LogP contribution in [0, 0.1) is 0 Å². The molecule has 0 spiro atoms. The molecule has 1 fully saturated rings. The molecule has 6 heteroatoms. The van der Waals surface area contributed by atoms with E-state index in [1.807, 2.05) is 17.0 Å². The van der Waals surface area contributed by atoms with Crippen molar-refractivity contribution in [1.29, 1.82) is 0 Å². The Morgan fingerprint density at radius 2 is 2.10 bits per heavy atom. The second-order valence-electron chi connectivity index (χ2n) is 4.74. The van der Waals surface area contributed by atoms with Crippen LogP contribution in [-0.4, -0.2) is 34.1 Å². The number of carbonyl (C=O) groups is 1. The van der Waals surface area contributed by atoms with Crippen LogP contribution in [0.3, 0.4) is 0 Å². The van der Waals surface area contributed by atoms with Crippen LogP contribution in [0.25, 0.3) is 0 Å². The number of anilines is 1. The highest BCUT2D eigenvalue weighted by Crippen LogP contribution is 2.12. The monoisotopic (exact) mass is 272 g/mol. The molecule has 0 aromatic carbocycles. The standard InChI is InChI=1S/C14H16N4O2/c19-14(18-7-1-2-8-18)12-5-6-13(17-16-12)15-10-11-4-3-9-20-11/h3-6,9H,1-2,7-8,10H2,(H,15,17). The van der Waals surface area contributed by atoms with Crippen LogP contribution in [0.5, 0.6) is 0 Å². The van der Waals surface area contributed by atoms with Gasteiger partial charge in [0.1, 0.15) is 11.6 Å². The highest BCUT2D eigenvalue weighted by molar-refractivity contribution is 5.92. The van der Waals surface area contributed by atoms with E-state index in [-0.39, 0.29) is 5.91 Å². The maximum Gasteiger partial charge on any atom is 0.274 e. The zero-order valence-corrected chi connectivity index (χ0v) is 11.1. The highest BCUT2D eigenvalue weighted by Gasteiger charge is 2.20. The molecule has 0 bridgehead atoms. The lowest BCUT2D eigenvalue weighted by Gasteiger charge is -2.14. The molecule has 1 aliphatic heterocycles. The van der Waals surface area contributed by atoms with Gasteiger partial charge in [0.05, 0.1) is 12.8 Å². The van der Waals surface area contributed by atoms with E-state index in [0.29, 0.717) is 18.1 Å². The summed E-state index contributed by atoms with van der Waals surface area (Å²) in [4.78, 5) is 13.9. The van der Waals surface area contributed by atoms with Crippen molar-refractivity contribution in [3.8, 4) is 0 Å². The fraction of sp³-hybridized carbons (Fsp3) is 0.357. The van der Waals surface area contributed by atoms with Crippen molar-refractivity contribution >= 4 is 11.7 Å². The van der Waals surface area contributed by atoms with E-state index in [2.05, 4.69) is 15.5 Å². The topological polar surface area (TPSA) is 71.3 Å². The zero-order chi connectivity index (χ0) is 13.8. The summed E-state index contributed by atoms with van der Waals surface area (Å²) in [6.45, 7) is 2.18. The predicted molar refractivity (Wildman–Crippen MR) is 73.2 cm³/mol. The normalized spacial score (nSPS) is 14.5. The minimum Gasteiger partial charge on any atom is -0.467 e. The molecule has 1 N–H and O–H groups in total. The summed E-state index contributed by atoms with van der Waals surface area (Å²) in [5.74, 6) is 1.41. The van der Waals surface area contributed by atoms with Gasteiger partial charge in [0.2, 0.25) is 0 Å². The van der Waals surface area contributed by atoms with E-state index in [1.165, 1.54) is 0 Å². The predicted octanol–water partition coefficient (Wildman–Crippen LogP) is 1.92. The number of hydrogen-bond acceptors (Lipinski definition) is 5. The Balaban J connectivity index is 1.60. The Kier molecular flexibility index (Phi) is 3.62. The number of hydrogen-bond donors (Lipinski definition) is 1. The first kappa shape index (κ1) is 12.7. The maximum absolute atomic E-state index is 12.1. The van der Waals surface area contributed by atoms with Crippen molar-refractivity contribution in [2.24, 2.45) is 0 Å². The minimum absolute atomic E-state index is 0.0346. The number of rotatable bonds is 4. The highest BCUT2D eigenvalue weighted by atomic mass is 16.3. The van der Waals surface area contributed by atoms with Crippen molar-refractivity contribution in [3.05, 3.63) is 42.0 Å². The number of likely N-dealkylation sites (tertiary alicyclic amines) is 1. The smallest absolute Gasteiger partial charge is 0.274 e. The summed E-state index contributed by atoms with van der Waals surface area (Å²) in [6.07, 6.45) is 3.77. The lowest BCUT2D eigenvalue weighted by Crippen LogP contribution is -2.28. The number of carbonyl (C=O) groups excluding carboxylic acids is 1. The first-order valence-corrected chi connectivity index (χ1v) is 6.72. The molecule has 104 valence electrons. The molecule has 0 aliphatic carbocycles. The first-order chi connectivity index (χ1) is 9.83. The Morgan fingerprint density at radius 3 is 2.75 bits per heavy atom. The average molecular weight is 272 g/mol. The third-order valence-corrected chi connectivity index (χ3v) is 3.30. The van der Waals surface area contributed by atoms with Gasteiger partial charge in [-0.2, -0.15) is 0 Å². The van der Waals surface area contributed by atoms with Crippen molar-refractivity contribution in [2.45, 2.75) is 19.4 Å². The van der Waals surface area contributed by atoms with Crippen molar-refractivity contribution in [2.75, 3.05) is 18.4 Å². The van der Waals surface area contributed by atoms with E-state index in [0.717, 1.165) is 31.7 Å². The Morgan fingerprint density at radius 1 is 1.25 bits per heavy atom. The molecule has 20 heavy (non-hydrogen) atoms. The SMILES string of the molecule is O=C(c1ccc(NCc2ccco2)nn1)N1CCCC1. The van der Waals surface area contributed by atoms with Crippen molar-refractivity contribution < 1.29 is 9.21 Å². The summed E-state index contributed by atoms with van der Waals surface area (Å²) in [5.41, 5.74) is 0.399. The van der Waals surface area contributed by atoms with E-state index in [9.17, 15) is 4.79 Å². The second kappa shape index (κ2) is 5.73. The molecule has 0 saturated carbocycles. The molecule has 0 unspecified atom stereocenters. The van der Waals surface area contributed by atoms with Crippen LogP contribution in [0.4, 0.5) is 5.82 Å². The Labute approximate surface area is 116 Å². The molecule has 6 nitrogen and oxygen atoms in total. The number of amides is 1. The maximum atomic E-state index is 12.1. The lowest BCUT2D eigenvalue weighted by molar-refractivity contribution is 0.0786. The van der Waals surface area contributed by atoms with Gasteiger partial charge in [-0.15, -0.1) is 10.2 Å². The summed E-state index contributed by atoms with van der Waals surface area (Å²) in [7, 11) is 0. The van der Waals surface area contributed by atoms with Crippen LogP contribution < -0.4 is 5.32 Å². The quantitative estimate of drug-likeness (QED) is 0.920. The summed E-state index contributed by atoms with van der Waals surface area (Å²) in [6, 6.07) is 7.18. The van der Waals surface area contributed by atoms with Gasteiger partial charge in [0, 0.05) is 13.1 Å². The second-order valence-corrected chi connectivity index (χ2v) is 4.74. The number of aromatic nitrogens is 2. The van der Waals surface area contributed by atoms with Crippen LogP contribution >= 0.6 is 0 Å². The van der Waals surface area contributed by atoms with Crippen LogP contribution in [0.2, 0.25) is 0 Å². The molecule has 1 amide bonds. The molecule has 3 heterocycles. The molecular weight excluding hydrogens is 256 g/mol. The molecular formula is C14H16N4O2. The molecule has 1 aliphatic rings. The van der Waals surface area contributed by atoms with Gasteiger partial charge in [0.25, 0.3) is 5.91 Å². The largest absolute Gasteiger partial charge is 0.467 e. The number of nitrogens with one attached hydrogen (secondary N) is 1. The average Bonchev–Trinajstić information content (AvgIpc) is 3.18. The van der Waals surface area contributed by atoms with Crippen molar-refractivity contribution in [3.63, 3.8) is 0 Å². The van der Waals surface area contributed by atoms with Crippen LogP contribution in [0.15, 0.2) is 34.9 Å². The fourth-order valence-corrected chi connectivity index (χ4v) is 2.21. The van der Waals surface area contributed by atoms with Gasteiger partial charge < -0.3 is 14.6 Å². The van der Waals surface area contributed by atoms with E-state index in [1.54, 1.807) is 18.4 Å². The first-order valence-electron chi connectivity index (χ1n) is 6.72. The summed E-state index contributed by atoms with van der Waals surface area (Å²) in [5, 5.41) is 11.1. The number of furan rings is 1. The van der Waals surface area contributed by atoms with E-state index >= 15 is 0 Å². The van der Waals surface area contributed by atoms with Gasteiger partial charge in [-0.05, 0) is 37.1 Å². The minimum atomic E-state index is -0.0346. The van der Waals surface area contributed by atoms with E-state index < -0.39 is 0 Å². The van der Waals surface area contributed by atoms with Crippen molar-refractivity contribution in [1.82, 2.24) is 15.1 Å². The molecule has 3 rings (SSSR count). The van der Waals surface area contributed by atoms with Gasteiger partial charge in [-0.3, -0.25) is 4.79 Å². The number of nitrogens with zero attached hydrogens (tertiary/aromatic N) is 3. The van der Waals surface area contributed by atoms with Gasteiger partial charge in [-0.25, -0.2) is 0 Å². The van der Waals surface area contributed by atoms with Gasteiger partial charge in [-0.1, -0.05) is 0 Å². The molecule has 2 aromatic heterocycles. The lowest BCUT2D eigenvalue weighted by atomic mass is 10.3.